The zero-order chi connectivity index (χ0) is 19.4. The smallest absolute Gasteiger partial charge is 0.228 e. The van der Waals surface area contributed by atoms with Crippen molar-refractivity contribution in [3.63, 3.8) is 0 Å². The molecule has 0 radical (unpaired) electrons. The summed E-state index contributed by atoms with van der Waals surface area (Å²) in [4.78, 5) is 9.71. The monoisotopic (exact) mass is 389 g/mol. The van der Waals surface area contributed by atoms with E-state index < -0.39 is 0 Å². The van der Waals surface area contributed by atoms with E-state index in [1.54, 1.807) is 0 Å². The number of hydrogen-bond donors (Lipinski definition) is 0. The molecular weight excluding hydrogens is 358 g/mol. The van der Waals surface area contributed by atoms with Crippen LogP contribution in [0.4, 0.5) is 0 Å². The summed E-state index contributed by atoms with van der Waals surface area (Å²) in [6.07, 6.45) is 2.58. The first-order chi connectivity index (χ1) is 12.9. The van der Waals surface area contributed by atoms with Crippen LogP contribution in [0.1, 0.15) is 38.1 Å². The highest BCUT2D eigenvalue weighted by Crippen LogP contribution is 2.29. The lowest BCUT2D eigenvalue weighted by molar-refractivity contribution is 0.141. The van der Waals surface area contributed by atoms with Gasteiger partial charge in [0.05, 0.1) is 16.3 Å². The number of rotatable bonds is 7. The molecule has 1 aromatic carbocycles. The van der Waals surface area contributed by atoms with Crippen LogP contribution in [0.15, 0.2) is 28.7 Å². The van der Waals surface area contributed by atoms with Gasteiger partial charge in [-0.15, -0.1) is 0 Å². The topological polar surface area (TPSA) is 32.5 Å². The predicted molar refractivity (Wildman–Crippen MR) is 112 cm³/mol. The van der Waals surface area contributed by atoms with Gasteiger partial charge < -0.3 is 14.2 Å². The highest BCUT2D eigenvalue weighted by molar-refractivity contribution is 6.33. The summed E-state index contributed by atoms with van der Waals surface area (Å²) < 4.78 is 5.89. The lowest BCUT2D eigenvalue weighted by Crippen LogP contribution is -2.39. The standard InChI is InChI=1S/C22H32ClN3O/c1-16(2)13-26-11-9-18(10-12-26)14-25(4)15-21-17(3)27-22(24-21)19-7-5-6-8-20(19)23/h5-8,16,18H,9-15H2,1-4H3. The quantitative estimate of drug-likeness (QED) is 0.659. The third kappa shape index (κ3) is 5.56. The molecule has 27 heavy (non-hydrogen) atoms. The molecule has 0 amide bonds. The van der Waals surface area contributed by atoms with E-state index in [9.17, 15) is 0 Å². The Bertz CT molecular complexity index is 735. The minimum Gasteiger partial charge on any atom is -0.441 e. The van der Waals surface area contributed by atoms with E-state index in [0.29, 0.717) is 10.9 Å². The third-order valence-electron chi connectivity index (χ3n) is 5.32. The first kappa shape index (κ1) is 20.4. The molecule has 1 aromatic heterocycles. The summed E-state index contributed by atoms with van der Waals surface area (Å²) in [7, 11) is 2.18. The van der Waals surface area contributed by atoms with E-state index in [2.05, 4.69) is 30.7 Å². The fourth-order valence-electron chi connectivity index (χ4n) is 3.95. The predicted octanol–water partition coefficient (Wildman–Crippen LogP) is 5.10. The molecule has 0 atom stereocenters. The van der Waals surface area contributed by atoms with Crippen LogP contribution in [0.3, 0.4) is 0 Å². The average molecular weight is 390 g/mol. The van der Waals surface area contributed by atoms with Gasteiger partial charge in [0.25, 0.3) is 0 Å². The molecule has 4 nitrogen and oxygen atoms in total. The van der Waals surface area contributed by atoms with Crippen molar-refractivity contribution in [3.05, 3.63) is 40.7 Å². The van der Waals surface area contributed by atoms with E-state index >= 15 is 0 Å². The Morgan fingerprint density at radius 2 is 1.96 bits per heavy atom. The van der Waals surface area contributed by atoms with Crippen LogP contribution in [0.25, 0.3) is 11.5 Å². The molecule has 2 aromatic rings. The zero-order valence-corrected chi connectivity index (χ0v) is 17.8. The lowest BCUT2D eigenvalue weighted by atomic mass is 9.95. The van der Waals surface area contributed by atoms with Crippen molar-refractivity contribution in [1.29, 1.82) is 0 Å². The van der Waals surface area contributed by atoms with Gasteiger partial charge in [0.2, 0.25) is 5.89 Å². The van der Waals surface area contributed by atoms with Crippen LogP contribution in [0, 0.1) is 18.8 Å². The van der Waals surface area contributed by atoms with Crippen molar-refractivity contribution in [3.8, 4) is 11.5 Å². The van der Waals surface area contributed by atoms with E-state index in [1.807, 2.05) is 31.2 Å². The molecular formula is C22H32ClN3O. The first-order valence-corrected chi connectivity index (χ1v) is 10.4. The Hall–Kier alpha value is -1.36. The van der Waals surface area contributed by atoms with Gasteiger partial charge in [-0.1, -0.05) is 37.6 Å². The maximum absolute atomic E-state index is 6.28. The number of likely N-dealkylation sites (tertiary alicyclic amines) is 1. The zero-order valence-electron chi connectivity index (χ0n) is 17.0. The molecule has 0 spiro atoms. The second kappa shape index (κ2) is 9.22. The Morgan fingerprint density at radius 1 is 1.26 bits per heavy atom. The molecule has 0 unspecified atom stereocenters. The van der Waals surface area contributed by atoms with E-state index in [1.165, 1.54) is 32.5 Å². The number of aromatic nitrogens is 1. The minimum absolute atomic E-state index is 0.614. The lowest BCUT2D eigenvalue weighted by Gasteiger charge is -2.34. The second-order valence-electron chi connectivity index (χ2n) is 8.34. The molecule has 148 valence electrons. The van der Waals surface area contributed by atoms with Crippen molar-refractivity contribution in [2.24, 2.45) is 11.8 Å². The van der Waals surface area contributed by atoms with Crippen molar-refractivity contribution >= 4 is 11.6 Å². The summed E-state index contributed by atoms with van der Waals surface area (Å²) in [5, 5.41) is 0.673. The van der Waals surface area contributed by atoms with Gasteiger partial charge in [-0.25, -0.2) is 4.98 Å². The van der Waals surface area contributed by atoms with Crippen LogP contribution in [-0.2, 0) is 6.54 Å². The number of benzene rings is 1. The molecule has 1 aliphatic rings. The third-order valence-corrected chi connectivity index (χ3v) is 5.65. The molecule has 5 heteroatoms. The number of aryl methyl sites for hydroxylation is 1. The van der Waals surface area contributed by atoms with Gasteiger partial charge in [-0.05, 0) is 63.9 Å². The summed E-state index contributed by atoms with van der Waals surface area (Å²) in [5.41, 5.74) is 1.86. The van der Waals surface area contributed by atoms with Gasteiger partial charge in [0.15, 0.2) is 0 Å². The summed E-state index contributed by atoms with van der Waals surface area (Å²) in [6.45, 7) is 12.2. The number of halogens is 1. The summed E-state index contributed by atoms with van der Waals surface area (Å²) in [5.74, 6) is 3.02. The second-order valence-corrected chi connectivity index (χ2v) is 8.74. The number of oxazole rings is 1. The fraction of sp³-hybridized carbons (Fsp3) is 0.591. The van der Waals surface area contributed by atoms with Crippen molar-refractivity contribution in [2.75, 3.05) is 33.2 Å². The maximum Gasteiger partial charge on any atom is 0.228 e. The van der Waals surface area contributed by atoms with Crippen LogP contribution < -0.4 is 0 Å². The Balaban J connectivity index is 1.54. The molecule has 1 aliphatic heterocycles. The normalized spacial score (nSPS) is 16.6. The minimum atomic E-state index is 0.614. The van der Waals surface area contributed by atoms with Crippen LogP contribution in [0.5, 0.6) is 0 Å². The molecule has 2 heterocycles. The van der Waals surface area contributed by atoms with Gasteiger partial charge in [0, 0.05) is 19.6 Å². The van der Waals surface area contributed by atoms with Crippen molar-refractivity contribution < 1.29 is 4.42 Å². The molecule has 1 fully saturated rings. The van der Waals surface area contributed by atoms with Crippen LogP contribution in [0.2, 0.25) is 5.02 Å². The Morgan fingerprint density at radius 3 is 2.63 bits per heavy atom. The van der Waals surface area contributed by atoms with E-state index in [-0.39, 0.29) is 0 Å². The molecule has 3 rings (SSSR count). The van der Waals surface area contributed by atoms with Crippen molar-refractivity contribution in [2.45, 2.75) is 40.2 Å². The highest BCUT2D eigenvalue weighted by atomic mass is 35.5. The Labute approximate surface area is 168 Å². The van der Waals surface area contributed by atoms with Crippen LogP contribution in [-0.4, -0.2) is 48.0 Å². The van der Waals surface area contributed by atoms with E-state index in [0.717, 1.165) is 41.9 Å². The molecule has 1 saturated heterocycles. The summed E-state index contributed by atoms with van der Waals surface area (Å²) in [6, 6.07) is 7.70. The van der Waals surface area contributed by atoms with Gasteiger partial charge in [-0.3, -0.25) is 0 Å². The maximum atomic E-state index is 6.28. The highest BCUT2D eigenvalue weighted by Gasteiger charge is 2.22. The Kier molecular flexibility index (Phi) is 6.96. The number of hydrogen-bond acceptors (Lipinski definition) is 4. The molecule has 0 aliphatic carbocycles. The van der Waals surface area contributed by atoms with Gasteiger partial charge >= 0.3 is 0 Å². The van der Waals surface area contributed by atoms with Gasteiger partial charge in [-0.2, -0.15) is 0 Å². The van der Waals surface area contributed by atoms with E-state index in [4.69, 9.17) is 21.0 Å². The first-order valence-electron chi connectivity index (χ1n) is 10.0. The average Bonchev–Trinajstić information content (AvgIpc) is 2.97. The summed E-state index contributed by atoms with van der Waals surface area (Å²) >= 11 is 6.28. The number of nitrogens with zero attached hydrogens (tertiary/aromatic N) is 3. The van der Waals surface area contributed by atoms with Gasteiger partial charge in [0.1, 0.15) is 5.76 Å². The fourth-order valence-corrected chi connectivity index (χ4v) is 4.17. The SMILES string of the molecule is Cc1oc(-c2ccccc2Cl)nc1CN(C)CC1CCN(CC(C)C)CC1. The number of piperidine rings is 1. The molecule has 0 N–H and O–H groups in total. The van der Waals surface area contributed by atoms with Crippen molar-refractivity contribution in [1.82, 2.24) is 14.8 Å². The van der Waals surface area contributed by atoms with Crippen LogP contribution >= 0.6 is 11.6 Å². The largest absolute Gasteiger partial charge is 0.441 e. The molecule has 0 saturated carbocycles. The molecule has 0 bridgehead atoms.